The third-order valence-electron chi connectivity index (χ3n) is 3.01. The molecule has 0 unspecified atom stereocenters. The predicted molar refractivity (Wildman–Crippen MR) is 110 cm³/mol. The monoisotopic (exact) mass is 673 g/mol. The summed E-state index contributed by atoms with van der Waals surface area (Å²) < 4.78 is 6.10. The Kier molecular flexibility index (Phi) is 9.57. The van der Waals surface area contributed by atoms with Crippen LogP contribution < -0.4 is 39.4 Å². The van der Waals surface area contributed by atoms with E-state index in [0.717, 1.165) is 5.56 Å². The molecule has 0 saturated carbocycles. The zero-order valence-corrected chi connectivity index (χ0v) is 21.1. The summed E-state index contributed by atoms with van der Waals surface area (Å²) in [6.07, 6.45) is 0.307. The van der Waals surface area contributed by atoms with Crippen molar-refractivity contribution in [2.45, 2.75) is 9.97 Å². The molecule has 0 heterocycles. The summed E-state index contributed by atoms with van der Waals surface area (Å²) in [6.45, 7) is 0. The Balaban J connectivity index is 0.00000288. The van der Waals surface area contributed by atoms with Crippen molar-refractivity contribution >= 4 is 74.3 Å². The zero-order chi connectivity index (χ0) is 17.0. The molecule has 0 saturated heterocycles. The standard InChI is InChI=1S/C15H12I3NO4.Na/c16-15(14(21)22,19(17)18)9-10-1-5-12(6-2-10)23-13-7-3-11(20)4-8-13;/h1-8,20H,9H2,(H,21,22);/q;+1/p-1/t15-;/m0./s1. The number of carbonyl (C=O) groups is 1. The summed E-state index contributed by atoms with van der Waals surface area (Å²) in [4.78, 5) is 11.4. The summed E-state index contributed by atoms with van der Waals surface area (Å²) in [6, 6.07) is 13.6. The van der Waals surface area contributed by atoms with Crippen LogP contribution in [-0.4, -0.2) is 15.9 Å². The molecular formula is C15H11I3NNaO4. The van der Waals surface area contributed by atoms with Gasteiger partial charge in [-0.1, -0.05) is 34.7 Å². The van der Waals surface area contributed by atoms with Gasteiger partial charge in [0.2, 0.25) is 0 Å². The molecule has 1 atom stereocenters. The molecule has 0 bridgehead atoms. The van der Waals surface area contributed by atoms with Gasteiger partial charge < -0.3 is 19.7 Å². The van der Waals surface area contributed by atoms with Gasteiger partial charge in [-0.05, 0) is 42.0 Å². The number of rotatable bonds is 6. The molecule has 2 aromatic carbocycles. The number of nitrogens with zero attached hydrogens (tertiary/aromatic N) is 1. The zero-order valence-electron chi connectivity index (χ0n) is 12.6. The van der Waals surface area contributed by atoms with E-state index in [1.807, 2.05) is 80.5 Å². The third kappa shape index (κ3) is 6.13. The van der Waals surface area contributed by atoms with Crippen LogP contribution >= 0.6 is 68.3 Å². The molecule has 0 radical (unpaired) electrons. The molecule has 24 heavy (non-hydrogen) atoms. The predicted octanol–water partition coefficient (Wildman–Crippen LogP) is 0.614. The molecule has 5 nitrogen and oxygen atoms in total. The molecule has 2 aromatic rings. The van der Waals surface area contributed by atoms with Crippen LogP contribution in [0.4, 0.5) is 0 Å². The number of phenols is 1. The molecule has 0 spiro atoms. The average molecular weight is 673 g/mol. The Hall–Kier alpha value is 0.660. The van der Waals surface area contributed by atoms with Crippen LogP contribution in [0, 0.1) is 0 Å². The van der Waals surface area contributed by atoms with Crippen LogP contribution in [0.15, 0.2) is 48.5 Å². The van der Waals surface area contributed by atoms with Gasteiger partial charge in [0, 0.05) is 52.1 Å². The van der Waals surface area contributed by atoms with Crippen molar-refractivity contribution in [3.8, 4) is 17.2 Å². The Morgan fingerprint density at radius 1 is 1.08 bits per heavy atom. The molecular weight excluding hydrogens is 662 g/mol. The second-order valence-corrected chi connectivity index (χ2v) is 10.3. The molecule has 1 N–H and O–H groups in total. The maximum atomic E-state index is 11.4. The molecule has 9 heteroatoms. The Bertz CT molecular complexity index is 682. The fourth-order valence-corrected chi connectivity index (χ4v) is 2.97. The molecule has 0 amide bonds. The van der Waals surface area contributed by atoms with Crippen molar-refractivity contribution in [2.24, 2.45) is 0 Å². The topological polar surface area (TPSA) is 72.8 Å². The number of aliphatic carboxylic acids is 1. The van der Waals surface area contributed by atoms with Crippen molar-refractivity contribution in [3.63, 3.8) is 0 Å². The SMILES string of the molecule is O=C([O-])[C@](I)(Cc1ccc(Oc2ccc(O)cc2)cc1)N(I)I.[Na+]. The van der Waals surface area contributed by atoms with Gasteiger partial charge in [-0.3, -0.25) is 0 Å². The number of carboxylic acid groups (broad SMARTS) is 1. The van der Waals surface area contributed by atoms with Crippen LogP contribution in [0.2, 0.25) is 0 Å². The number of carboxylic acids is 1. The maximum Gasteiger partial charge on any atom is 1.00 e. The molecule has 0 fully saturated rings. The molecule has 0 aliphatic rings. The number of phenolic OH excluding ortho intramolecular Hbond substituents is 1. The molecule has 0 aliphatic carbocycles. The summed E-state index contributed by atoms with van der Waals surface area (Å²) >= 11 is 5.75. The number of hydrogen-bond acceptors (Lipinski definition) is 5. The van der Waals surface area contributed by atoms with E-state index in [2.05, 4.69) is 0 Å². The van der Waals surface area contributed by atoms with Gasteiger partial charge in [0.15, 0.2) is 0 Å². The first-order valence-corrected chi connectivity index (χ1v) is 9.40. The minimum Gasteiger partial charge on any atom is -0.547 e. The smallest absolute Gasteiger partial charge is 0.547 e. The van der Waals surface area contributed by atoms with E-state index in [1.165, 1.54) is 0 Å². The average Bonchev–Trinajstić information content (AvgIpc) is 2.51. The number of ether oxygens (including phenoxy) is 1. The number of benzene rings is 2. The van der Waals surface area contributed by atoms with Gasteiger partial charge in [-0.25, -0.2) is 0 Å². The minimum atomic E-state index is -1.13. The Morgan fingerprint density at radius 3 is 1.96 bits per heavy atom. The molecule has 0 aliphatic heterocycles. The van der Waals surface area contributed by atoms with Crippen LogP contribution in [0.5, 0.6) is 17.2 Å². The van der Waals surface area contributed by atoms with E-state index in [4.69, 9.17) is 4.74 Å². The summed E-state index contributed by atoms with van der Waals surface area (Å²) in [5, 5.41) is 20.6. The number of carbonyl (C=O) groups excluding carboxylic acids is 1. The van der Waals surface area contributed by atoms with Crippen LogP contribution in [0.1, 0.15) is 5.56 Å². The molecule has 122 valence electrons. The number of halogens is 3. The van der Waals surface area contributed by atoms with Crippen LogP contribution in [-0.2, 0) is 11.2 Å². The van der Waals surface area contributed by atoms with Crippen LogP contribution in [0.3, 0.4) is 0 Å². The van der Waals surface area contributed by atoms with Gasteiger partial charge in [-0.15, -0.1) is 0 Å². The Morgan fingerprint density at radius 2 is 1.54 bits per heavy atom. The Labute approximate surface area is 203 Å². The van der Waals surface area contributed by atoms with Crippen molar-refractivity contribution < 1.29 is 49.3 Å². The quantitative estimate of drug-likeness (QED) is 0.160. The first-order valence-electron chi connectivity index (χ1n) is 6.39. The maximum absolute atomic E-state index is 11.4. The molecule has 2 rings (SSSR count). The summed E-state index contributed by atoms with van der Waals surface area (Å²) in [5.74, 6) is 0.286. The van der Waals surface area contributed by atoms with E-state index >= 15 is 0 Å². The fraction of sp³-hybridized carbons (Fsp3) is 0.133. The van der Waals surface area contributed by atoms with Gasteiger partial charge in [0.25, 0.3) is 0 Å². The normalized spacial score (nSPS) is 13.0. The molecule has 0 aromatic heterocycles. The van der Waals surface area contributed by atoms with E-state index in [1.54, 1.807) is 37.7 Å². The number of aromatic hydroxyl groups is 1. The summed E-state index contributed by atoms with van der Waals surface area (Å²) in [5.41, 5.74) is 0.861. The van der Waals surface area contributed by atoms with Crippen molar-refractivity contribution in [1.29, 1.82) is 0 Å². The fourth-order valence-electron chi connectivity index (χ4n) is 1.80. The van der Waals surface area contributed by atoms with Crippen LogP contribution in [0.25, 0.3) is 0 Å². The third-order valence-corrected chi connectivity index (χ3v) is 7.81. The number of alkyl halides is 1. The van der Waals surface area contributed by atoms with Crippen molar-refractivity contribution in [3.05, 3.63) is 54.1 Å². The number of hydrogen-bond donors (Lipinski definition) is 1. The first kappa shape index (κ1) is 22.7. The summed E-state index contributed by atoms with van der Waals surface area (Å²) in [7, 11) is 0. The largest absolute Gasteiger partial charge is 1.00 e. The van der Waals surface area contributed by atoms with Crippen molar-refractivity contribution in [2.75, 3.05) is 0 Å². The van der Waals surface area contributed by atoms with E-state index in [0.29, 0.717) is 17.9 Å². The van der Waals surface area contributed by atoms with Gasteiger partial charge in [0.05, 0.1) is 5.97 Å². The minimum absolute atomic E-state index is 0. The van der Waals surface area contributed by atoms with Gasteiger partial charge in [0.1, 0.15) is 20.8 Å². The second kappa shape index (κ2) is 10.1. The van der Waals surface area contributed by atoms with Crippen molar-refractivity contribution in [1.82, 2.24) is 1.33 Å². The second-order valence-electron chi connectivity index (χ2n) is 4.70. The first-order chi connectivity index (χ1) is 10.8. The van der Waals surface area contributed by atoms with E-state index < -0.39 is 9.51 Å². The van der Waals surface area contributed by atoms with Gasteiger partial charge in [-0.2, -0.15) is 1.33 Å². The van der Waals surface area contributed by atoms with E-state index in [-0.39, 0.29) is 35.3 Å². The van der Waals surface area contributed by atoms with E-state index in [9.17, 15) is 15.0 Å². The van der Waals surface area contributed by atoms with Gasteiger partial charge >= 0.3 is 29.6 Å².